The van der Waals surface area contributed by atoms with Gasteiger partial charge in [0.05, 0.1) is 23.6 Å². The van der Waals surface area contributed by atoms with E-state index in [9.17, 15) is 29.4 Å². The first kappa shape index (κ1) is 30.6. The number of hydrogen-bond donors (Lipinski definition) is 4. The normalized spacial score (nSPS) is 27.1. The molecule has 216 valence electrons. The highest BCUT2D eigenvalue weighted by Crippen LogP contribution is 2.23. The number of aromatic nitrogens is 1. The molecule has 2 heterocycles. The molecule has 1 aliphatic rings. The fourth-order valence-corrected chi connectivity index (χ4v) is 4.85. The molecule has 0 aliphatic carbocycles. The summed E-state index contributed by atoms with van der Waals surface area (Å²) in [5.74, 6) is -4.26. The number of hydrogen-bond acceptors (Lipinski definition) is 8. The number of benzene rings is 1. The standard InChI is InChI=1S/C29H38N4O7/c1-6-16(2)24-29(39)40-18(4)23(32-26(36)20-11-7-8-12-22(20)34)27(37)31-21(14-19-10-9-13-30-15-19)25(35)17(3)28(38)33(24)5/h7-13,15-18,21,23-25,34-35H,6,14H2,1-5H3,(H,31,37)(H,32,36)/t16?,17-,18-,21+,23+,24?,25+/m1/s1. The van der Waals surface area contributed by atoms with Crippen molar-refractivity contribution < 1.29 is 34.1 Å². The van der Waals surface area contributed by atoms with Gasteiger partial charge < -0.3 is 30.5 Å². The van der Waals surface area contributed by atoms with Gasteiger partial charge in [-0.1, -0.05) is 45.4 Å². The number of cyclic esters (lactones) is 1. The fraction of sp³-hybridized carbons (Fsp3) is 0.483. The Morgan fingerprint density at radius 3 is 2.50 bits per heavy atom. The van der Waals surface area contributed by atoms with Crippen molar-refractivity contribution in [1.82, 2.24) is 20.5 Å². The molecule has 2 aromatic rings. The van der Waals surface area contributed by atoms with Crippen LogP contribution in [0, 0.1) is 11.8 Å². The lowest BCUT2D eigenvalue weighted by atomic mass is 9.90. The summed E-state index contributed by atoms with van der Waals surface area (Å²) in [5.41, 5.74) is 0.641. The van der Waals surface area contributed by atoms with Crippen molar-refractivity contribution in [2.75, 3.05) is 7.05 Å². The monoisotopic (exact) mass is 554 g/mol. The Bertz CT molecular complexity index is 1210. The smallest absolute Gasteiger partial charge is 0.329 e. The van der Waals surface area contributed by atoms with E-state index < -0.39 is 59.9 Å². The first-order chi connectivity index (χ1) is 19.0. The SMILES string of the molecule is CCC(C)C1C(=O)O[C@H](C)[C@H](NC(=O)c2ccccc2O)C(=O)N[C@@H](Cc2cccnc2)[C@@H](O)[C@@H](C)C(=O)N1C. The zero-order valence-electron chi connectivity index (χ0n) is 23.4. The van der Waals surface area contributed by atoms with Crippen molar-refractivity contribution in [1.29, 1.82) is 0 Å². The Balaban J connectivity index is 2.04. The molecular weight excluding hydrogens is 516 g/mol. The number of aliphatic hydroxyl groups is 1. The predicted octanol–water partition coefficient (Wildman–Crippen LogP) is 1.43. The van der Waals surface area contributed by atoms with Crippen LogP contribution in [0.1, 0.15) is 50.0 Å². The molecule has 1 aromatic heterocycles. The number of phenolic OH excluding ortho intramolecular Hbond substituents is 1. The number of likely N-dealkylation sites (N-methyl/N-ethyl adjacent to an activating group) is 1. The molecule has 0 radical (unpaired) electrons. The van der Waals surface area contributed by atoms with Gasteiger partial charge in [-0.15, -0.1) is 0 Å². The highest BCUT2D eigenvalue weighted by atomic mass is 16.5. The summed E-state index contributed by atoms with van der Waals surface area (Å²) < 4.78 is 5.70. The number of nitrogens with one attached hydrogen (secondary N) is 2. The topological polar surface area (TPSA) is 158 Å². The number of aliphatic hydroxyl groups excluding tert-OH is 1. The number of phenols is 1. The largest absolute Gasteiger partial charge is 0.507 e. The van der Waals surface area contributed by atoms with Crippen molar-refractivity contribution in [2.24, 2.45) is 11.8 Å². The number of nitrogens with zero attached hydrogens (tertiary/aromatic N) is 2. The lowest BCUT2D eigenvalue weighted by Gasteiger charge is -2.38. The van der Waals surface area contributed by atoms with Crippen molar-refractivity contribution in [3.05, 3.63) is 59.9 Å². The third kappa shape index (κ3) is 6.95. The van der Waals surface area contributed by atoms with Crippen LogP contribution in [-0.2, 0) is 25.5 Å². The second-order valence-electron chi connectivity index (χ2n) is 10.3. The van der Waals surface area contributed by atoms with Crippen LogP contribution in [0.5, 0.6) is 5.75 Å². The summed E-state index contributed by atoms with van der Waals surface area (Å²) in [7, 11) is 1.49. The predicted molar refractivity (Wildman–Crippen MR) is 146 cm³/mol. The van der Waals surface area contributed by atoms with Gasteiger partial charge in [0.2, 0.25) is 11.8 Å². The zero-order chi connectivity index (χ0) is 29.6. The summed E-state index contributed by atoms with van der Waals surface area (Å²) in [5, 5.41) is 26.9. The van der Waals surface area contributed by atoms with E-state index in [-0.39, 0.29) is 23.7 Å². The molecule has 4 N–H and O–H groups in total. The Labute approximate surface area is 233 Å². The number of rotatable bonds is 6. The van der Waals surface area contributed by atoms with E-state index in [1.54, 1.807) is 36.7 Å². The number of aromatic hydroxyl groups is 1. The zero-order valence-corrected chi connectivity index (χ0v) is 23.4. The van der Waals surface area contributed by atoms with Gasteiger partial charge in [0.1, 0.15) is 23.9 Å². The average molecular weight is 555 g/mol. The molecule has 1 aliphatic heterocycles. The van der Waals surface area contributed by atoms with Crippen LogP contribution in [0.15, 0.2) is 48.8 Å². The molecule has 11 heteroatoms. The third-order valence-corrected chi connectivity index (χ3v) is 7.50. The Morgan fingerprint density at radius 2 is 1.88 bits per heavy atom. The highest BCUT2D eigenvalue weighted by molar-refractivity contribution is 6.00. The minimum Gasteiger partial charge on any atom is -0.507 e. The maximum Gasteiger partial charge on any atom is 0.329 e. The van der Waals surface area contributed by atoms with Crippen LogP contribution >= 0.6 is 0 Å². The lowest BCUT2D eigenvalue weighted by Crippen LogP contribution is -2.61. The van der Waals surface area contributed by atoms with E-state index in [0.717, 1.165) is 0 Å². The van der Waals surface area contributed by atoms with Crippen molar-refractivity contribution in [3.8, 4) is 5.75 Å². The second kappa shape index (κ2) is 13.4. The molecule has 11 nitrogen and oxygen atoms in total. The second-order valence-corrected chi connectivity index (χ2v) is 10.3. The van der Waals surface area contributed by atoms with E-state index in [0.29, 0.717) is 12.0 Å². The molecule has 2 unspecified atom stereocenters. The number of carbonyl (C=O) groups is 4. The van der Waals surface area contributed by atoms with Crippen LogP contribution < -0.4 is 10.6 Å². The molecule has 0 bridgehead atoms. The minimum atomic E-state index is -1.38. The van der Waals surface area contributed by atoms with E-state index in [1.807, 2.05) is 13.8 Å². The molecule has 1 saturated heterocycles. The van der Waals surface area contributed by atoms with Gasteiger partial charge in [-0.25, -0.2) is 4.79 Å². The molecule has 1 aromatic carbocycles. The quantitative estimate of drug-likeness (QED) is 0.391. The van der Waals surface area contributed by atoms with E-state index >= 15 is 0 Å². The molecule has 0 spiro atoms. The van der Waals surface area contributed by atoms with Crippen molar-refractivity contribution in [3.63, 3.8) is 0 Å². The molecular formula is C29H38N4O7. The summed E-state index contributed by atoms with van der Waals surface area (Å²) in [6.45, 7) is 6.68. The summed E-state index contributed by atoms with van der Waals surface area (Å²) in [6, 6.07) is 6.03. The van der Waals surface area contributed by atoms with Gasteiger partial charge >= 0.3 is 5.97 Å². The maximum atomic E-state index is 13.7. The number of esters is 1. The molecule has 0 saturated carbocycles. The fourth-order valence-electron chi connectivity index (χ4n) is 4.85. The molecule has 7 atom stereocenters. The number of amides is 3. The van der Waals surface area contributed by atoms with Crippen LogP contribution in [0.4, 0.5) is 0 Å². The first-order valence-electron chi connectivity index (χ1n) is 13.4. The molecule has 3 rings (SSSR count). The van der Waals surface area contributed by atoms with Gasteiger partial charge in [-0.3, -0.25) is 19.4 Å². The highest BCUT2D eigenvalue weighted by Gasteiger charge is 2.42. The first-order valence-corrected chi connectivity index (χ1v) is 13.4. The van der Waals surface area contributed by atoms with Crippen LogP contribution in [0.3, 0.4) is 0 Å². The van der Waals surface area contributed by atoms with Gasteiger partial charge in [0.25, 0.3) is 5.91 Å². The average Bonchev–Trinajstić information content (AvgIpc) is 2.94. The third-order valence-electron chi connectivity index (χ3n) is 7.50. The number of pyridine rings is 1. The van der Waals surface area contributed by atoms with Crippen LogP contribution in [0.25, 0.3) is 0 Å². The van der Waals surface area contributed by atoms with Gasteiger partial charge in [-0.05, 0) is 43.0 Å². The van der Waals surface area contributed by atoms with Crippen LogP contribution in [-0.4, -0.2) is 81.2 Å². The molecule has 3 amide bonds. The number of para-hydroxylation sites is 1. The van der Waals surface area contributed by atoms with E-state index in [2.05, 4.69) is 15.6 Å². The molecule has 1 fully saturated rings. The minimum absolute atomic E-state index is 0.0664. The van der Waals surface area contributed by atoms with Crippen molar-refractivity contribution >= 4 is 23.7 Å². The van der Waals surface area contributed by atoms with Crippen LogP contribution in [0.2, 0.25) is 0 Å². The van der Waals surface area contributed by atoms with Crippen molar-refractivity contribution in [2.45, 2.75) is 70.9 Å². The Kier molecular flexibility index (Phi) is 10.2. The van der Waals surface area contributed by atoms with Gasteiger partial charge in [0.15, 0.2) is 0 Å². The lowest BCUT2D eigenvalue weighted by molar-refractivity contribution is -0.165. The summed E-state index contributed by atoms with van der Waals surface area (Å²) in [4.78, 5) is 59.0. The van der Waals surface area contributed by atoms with E-state index in [4.69, 9.17) is 4.74 Å². The number of ether oxygens (including phenoxy) is 1. The van der Waals surface area contributed by atoms with Gasteiger partial charge in [0, 0.05) is 19.4 Å². The molecule has 40 heavy (non-hydrogen) atoms. The summed E-state index contributed by atoms with van der Waals surface area (Å²) >= 11 is 0. The Morgan fingerprint density at radius 1 is 1.18 bits per heavy atom. The Hall–Kier alpha value is -3.99. The summed E-state index contributed by atoms with van der Waals surface area (Å²) in [6.07, 6.45) is 1.39. The number of carbonyl (C=O) groups excluding carboxylic acids is 4. The maximum absolute atomic E-state index is 13.7. The van der Waals surface area contributed by atoms with E-state index in [1.165, 1.54) is 37.9 Å². The van der Waals surface area contributed by atoms with Gasteiger partial charge in [-0.2, -0.15) is 0 Å².